The molecule has 0 spiro atoms. The van der Waals surface area contributed by atoms with Crippen LogP contribution in [0.2, 0.25) is 0 Å². The Bertz CT molecular complexity index is 199. The van der Waals surface area contributed by atoms with Crippen molar-refractivity contribution in [3.8, 4) is 0 Å². The highest BCUT2D eigenvalue weighted by molar-refractivity contribution is 5.89. The van der Waals surface area contributed by atoms with E-state index < -0.39 is 0 Å². The predicted molar refractivity (Wildman–Crippen MR) is 46.4 cm³/mol. The van der Waals surface area contributed by atoms with E-state index in [1.54, 1.807) is 6.08 Å². The standard InChI is InChI=1S/C10H14O/c1-9-5-2-3-7-10(11)8-4-6-9/h3,6-7H,2,4-5,8H2,1H3/b7-3-,9-6-. The van der Waals surface area contributed by atoms with Crippen molar-refractivity contribution in [2.45, 2.75) is 32.6 Å². The van der Waals surface area contributed by atoms with Crippen LogP contribution in [0.5, 0.6) is 0 Å². The third-order valence-corrected chi connectivity index (χ3v) is 1.89. The molecule has 0 unspecified atom stereocenters. The van der Waals surface area contributed by atoms with Gasteiger partial charge >= 0.3 is 0 Å². The lowest BCUT2D eigenvalue weighted by Gasteiger charge is -1.94. The second kappa shape index (κ2) is 4.12. The summed E-state index contributed by atoms with van der Waals surface area (Å²) < 4.78 is 0. The Morgan fingerprint density at radius 1 is 1.27 bits per heavy atom. The molecule has 0 amide bonds. The van der Waals surface area contributed by atoms with E-state index in [0.717, 1.165) is 19.3 Å². The molecule has 0 aromatic rings. The van der Waals surface area contributed by atoms with Crippen molar-refractivity contribution in [3.05, 3.63) is 23.8 Å². The van der Waals surface area contributed by atoms with Crippen LogP contribution in [-0.2, 0) is 4.79 Å². The molecule has 0 saturated heterocycles. The molecule has 0 aromatic carbocycles. The second-order valence-corrected chi connectivity index (χ2v) is 3.00. The Balaban J connectivity index is 2.56. The topological polar surface area (TPSA) is 17.1 Å². The van der Waals surface area contributed by atoms with E-state index in [-0.39, 0.29) is 5.78 Å². The van der Waals surface area contributed by atoms with Crippen molar-refractivity contribution in [1.82, 2.24) is 0 Å². The van der Waals surface area contributed by atoms with E-state index in [1.807, 2.05) is 6.08 Å². The number of carbonyl (C=O) groups excluding carboxylic acids is 1. The molecule has 0 heterocycles. The van der Waals surface area contributed by atoms with Gasteiger partial charge in [-0.05, 0) is 32.3 Å². The molecule has 1 aliphatic rings. The monoisotopic (exact) mass is 150 g/mol. The van der Waals surface area contributed by atoms with Gasteiger partial charge in [-0.15, -0.1) is 0 Å². The second-order valence-electron chi connectivity index (χ2n) is 3.00. The fraction of sp³-hybridized carbons (Fsp3) is 0.500. The van der Waals surface area contributed by atoms with E-state index in [4.69, 9.17) is 0 Å². The SMILES string of the molecule is C/C1=C/CCC(=O)/C=C\CC1. The molecule has 0 N–H and O–H groups in total. The quantitative estimate of drug-likeness (QED) is 0.485. The minimum atomic E-state index is 0.260. The molecule has 0 aliphatic heterocycles. The minimum absolute atomic E-state index is 0.260. The molecule has 0 aromatic heterocycles. The van der Waals surface area contributed by atoms with Crippen molar-refractivity contribution in [2.24, 2.45) is 0 Å². The molecule has 11 heavy (non-hydrogen) atoms. The third kappa shape index (κ3) is 3.17. The van der Waals surface area contributed by atoms with E-state index >= 15 is 0 Å². The maximum Gasteiger partial charge on any atom is 0.155 e. The maximum atomic E-state index is 11.0. The summed E-state index contributed by atoms with van der Waals surface area (Å²) in [5, 5.41) is 0. The van der Waals surface area contributed by atoms with Gasteiger partial charge in [0, 0.05) is 6.42 Å². The molecule has 1 rings (SSSR count). The fourth-order valence-corrected chi connectivity index (χ4v) is 1.17. The zero-order valence-corrected chi connectivity index (χ0v) is 6.97. The first-order valence-electron chi connectivity index (χ1n) is 4.14. The normalized spacial score (nSPS) is 27.7. The predicted octanol–water partition coefficient (Wildman–Crippen LogP) is 2.63. The van der Waals surface area contributed by atoms with Crippen LogP contribution in [0.15, 0.2) is 23.8 Å². The third-order valence-electron chi connectivity index (χ3n) is 1.89. The van der Waals surface area contributed by atoms with Crippen LogP contribution in [0.25, 0.3) is 0 Å². The Kier molecular flexibility index (Phi) is 3.09. The molecule has 0 bridgehead atoms. The highest BCUT2D eigenvalue weighted by Crippen LogP contribution is 2.09. The van der Waals surface area contributed by atoms with Gasteiger partial charge in [-0.2, -0.15) is 0 Å². The summed E-state index contributed by atoms with van der Waals surface area (Å²) in [5.41, 5.74) is 1.41. The van der Waals surface area contributed by atoms with Crippen LogP contribution in [-0.4, -0.2) is 5.78 Å². The van der Waals surface area contributed by atoms with Gasteiger partial charge in [-0.3, -0.25) is 4.79 Å². The molecule has 1 nitrogen and oxygen atoms in total. The average molecular weight is 150 g/mol. The van der Waals surface area contributed by atoms with Gasteiger partial charge in [0.1, 0.15) is 0 Å². The number of hydrogen-bond acceptors (Lipinski definition) is 1. The van der Waals surface area contributed by atoms with E-state index in [1.165, 1.54) is 5.57 Å². The molecule has 1 heteroatoms. The van der Waals surface area contributed by atoms with Crippen molar-refractivity contribution in [2.75, 3.05) is 0 Å². The first kappa shape index (κ1) is 8.25. The molecule has 0 atom stereocenters. The highest BCUT2D eigenvalue weighted by Gasteiger charge is 1.97. The van der Waals surface area contributed by atoms with Crippen LogP contribution < -0.4 is 0 Å². The van der Waals surface area contributed by atoms with Crippen molar-refractivity contribution >= 4 is 5.78 Å². The molecule has 0 radical (unpaired) electrons. The average Bonchev–Trinajstić information content (AvgIpc) is 2.04. The lowest BCUT2D eigenvalue weighted by Crippen LogP contribution is -1.89. The van der Waals surface area contributed by atoms with Crippen molar-refractivity contribution < 1.29 is 4.79 Å². The number of rotatable bonds is 0. The maximum absolute atomic E-state index is 11.0. The zero-order chi connectivity index (χ0) is 8.10. The van der Waals surface area contributed by atoms with Crippen molar-refractivity contribution in [1.29, 1.82) is 0 Å². The van der Waals surface area contributed by atoms with Crippen LogP contribution >= 0.6 is 0 Å². The Labute approximate surface area is 67.8 Å². The summed E-state index contributed by atoms with van der Waals surface area (Å²) >= 11 is 0. The van der Waals surface area contributed by atoms with Gasteiger partial charge in [0.05, 0.1) is 0 Å². The largest absolute Gasteiger partial charge is 0.295 e. The smallest absolute Gasteiger partial charge is 0.155 e. The first-order chi connectivity index (χ1) is 5.29. The van der Waals surface area contributed by atoms with Crippen molar-refractivity contribution in [3.63, 3.8) is 0 Å². The van der Waals surface area contributed by atoms with E-state index in [2.05, 4.69) is 13.0 Å². The van der Waals surface area contributed by atoms with E-state index in [0.29, 0.717) is 6.42 Å². The highest BCUT2D eigenvalue weighted by atomic mass is 16.1. The zero-order valence-electron chi connectivity index (χ0n) is 6.97. The Hall–Kier alpha value is -0.850. The number of hydrogen-bond donors (Lipinski definition) is 0. The first-order valence-corrected chi connectivity index (χ1v) is 4.14. The molecule has 1 aliphatic carbocycles. The van der Waals surface area contributed by atoms with Gasteiger partial charge in [0.15, 0.2) is 5.78 Å². The Morgan fingerprint density at radius 2 is 2.09 bits per heavy atom. The summed E-state index contributed by atoms with van der Waals surface area (Å²) in [6.45, 7) is 2.13. The van der Waals surface area contributed by atoms with Gasteiger partial charge in [-0.1, -0.05) is 17.7 Å². The fourth-order valence-electron chi connectivity index (χ4n) is 1.17. The van der Waals surface area contributed by atoms with Gasteiger partial charge < -0.3 is 0 Å². The van der Waals surface area contributed by atoms with E-state index in [9.17, 15) is 4.79 Å². The summed E-state index contributed by atoms with van der Waals surface area (Å²) in [5.74, 6) is 0.260. The van der Waals surface area contributed by atoms with Crippen LogP contribution in [0.3, 0.4) is 0 Å². The number of allylic oxidation sites excluding steroid dienone is 4. The summed E-state index contributed by atoms with van der Waals surface area (Å²) in [6, 6.07) is 0. The van der Waals surface area contributed by atoms with Crippen LogP contribution in [0, 0.1) is 0 Å². The lowest BCUT2D eigenvalue weighted by atomic mass is 10.1. The van der Waals surface area contributed by atoms with Gasteiger partial charge in [0.25, 0.3) is 0 Å². The molecule has 0 fully saturated rings. The summed E-state index contributed by atoms with van der Waals surface area (Å²) in [4.78, 5) is 11.0. The van der Waals surface area contributed by atoms with Crippen LogP contribution in [0.4, 0.5) is 0 Å². The Morgan fingerprint density at radius 3 is 2.91 bits per heavy atom. The summed E-state index contributed by atoms with van der Waals surface area (Å²) in [6.07, 6.45) is 9.56. The minimum Gasteiger partial charge on any atom is -0.295 e. The van der Waals surface area contributed by atoms with Crippen LogP contribution in [0.1, 0.15) is 32.6 Å². The molecular weight excluding hydrogens is 136 g/mol. The summed E-state index contributed by atoms with van der Waals surface area (Å²) in [7, 11) is 0. The molecular formula is C10H14O. The molecule has 60 valence electrons. The number of ketones is 1. The van der Waals surface area contributed by atoms with Gasteiger partial charge in [0.2, 0.25) is 0 Å². The molecule has 0 saturated carbocycles. The lowest BCUT2D eigenvalue weighted by molar-refractivity contribution is -0.114. The van der Waals surface area contributed by atoms with Gasteiger partial charge in [-0.25, -0.2) is 0 Å². The number of carbonyl (C=O) groups is 1.